The second-order valence-electron chi connectivity index (χ2n) is 4.43. The Hall–Kier alpha value is -1.85. The van der Waals surface area contributed by atoms with Crippen molar-refractivity contribution in [1.82, 2.24) is 20.4 Å². The summed E-state index contributed by atoms with van der Waals surface area (Å²) in [6.45, 7) is 1.43. The van der Waals surface area contributed by atoms with Crippen LogP contribution in [0.25, 0.3) is 0 Å². The maximum Gasteiger partial charge on any atom is 0.242 e. The standard InChI is InChI=1S/C12H18N4O2/c17-11(5-2-8-16-9-3-7-14-16)15-10-4-1-6-13-12(10)18/h3,7,9-10H,1-2,4-6,8H2,(H,13,18)(H,15,17)/t10-/m0/s1. The summed E-state index contributed by atoms with van der Waals surface area (Å²) in [6.07, 6.45) is 6.38. The fourth-order valence-corrected chi connectivity index (χ4v) is 2.01. The first-order chi connectivity index (χ1) is 8.75. The van der Waals surface area contributed by atoms with Gasteiger partial charge in [0.2, 0.25) is 11.8 Å². The highest BCUT2D eigenvalue weighted by atomic mass is 16.2. The van der Waals surface area contributed by atoms with E-state index in [-0.39, 0.29) is 17.9 Å². The minimum atomic E-state index is -0.351. The highest BCUT2D eigenvalue weighted by Crippen LogP contribution is 2.04. The molecule has 0 aliphatic carbocycles. The molecule has 0 saturated carbocycles. The van der Waals surface area contributed by atoms with Crippen LogP contribution in [-0.4, -0.2) is 34.2 Å². The molecule has 2 heterocycles. The summed E-state index contributed by atoms with van der Waals surface area (Å²) < 4.78 is 1.79. The van der Waals surface area contributed by atoms with E-state index >= 15 is 0 Å². The molecule has 1 saturated heterocycles. The van der Waals surface area contributed by atoms with E-state index in [2.05, 4.69) is 15.7 Å². The van der Waals surface area contributed by atoms with Gasteiger partial charge in [-0.25, -0.2) is 0 Å². The van der Waals surface area contributed by atoms with Crippen LogP contribution in [0.2, 0.25) is 0 Å². The molecule has 0 aromatic carbocycles. The fraction of sp³-hybridized carbons (Fsp3) is 0.583. The van der Waals surface area contributed by atoms with Gasteiger partial charge >= 0.3 is 0 Å². The molecule has 0 bridgehead atoms. The first kappa shape index (κ1) is 12.6. The fourth-order valence-electron chi connectivity index (χ4n) is 2.01. The van der Waals surface area contributed by atoms with Gasteiger partial charge in [0.15, 0.2) is 0 Å². The highest BCUT2D eigenvalue weighted by molar-refractivity contribution is 5.87. The van der Waals surface area contributed by atoms with Gasteiger partial charge < -0.3 is 10.6 Å². The third kappa shape index (κ3) is 3.58. The SMILES string of the molecule is O=C(CCCn1cccn1)N[C@H]1CCCNC1=O. The molecule has 1 aromatic rings. The lowest BCUT2D eigenvalue weighted by Crippen LogP contribution is -2.50. The molecule has 1 aromatic heterocycles. The Bertz CT molecular complexity index is 402. The van der Waals surface area contributed by atoms with Crippen LogP contribution in [-0.2, 0) is 16.1 Å². The average Bonchev–Trinajstić information content (AvgIpc) is 2.85. The van der Waals surface area contributed by atoms with Crippen molar-refractivity contribution in [2.45, 2.75) is 38.3 Å². The van der Waals surface area contributed by atoms with Crippen molar-refractivity contribution in [3.8, 4) is 0 Å². The molecule has 1 aliphatic heterocycles. The molecule has 0 radical (unpaired) electrons. The summed E-state index contributed by atoms with van der Waals surface area (Å²) in [5.74, 6) is -0.133. The predicted molar refractivity (Wildman–Crippen MR) is 65.6 cm³/mol. The Balaban J connectivity index is 1.67. The van der Waals surface area contributed by atoms with E-state index in [9.17, 15) is 9.59 Å². The monoisotopic (exact) mass is 250 g/mol. The average molecular weight is 250 g/mol. The van der Waals surface area contributed by atoms with Gasteiger partial charge in [-0.1, -0.05) is 0 Å². The van der Waals surface area contributed by atoms with Gasteiger partial charge in [0, 0.05) is 31.9 Å². The van der Waals surface area contributed by atoms with Crippen LogP contribution < -0.4 is 10.6 Å². The summed E-state index contributed by atoms with van der Waals surface area (Å²) in [7, 11) is 0. The molecule has 2 rings (SSSR count). The van der Waals surface area contributed by atoms with E-state index in [1.807, 2.05) is 12.3 Å². The van der Waals surface area contributed by atoms with Crippen LogP contribution in [0.5, 0.6) is 0 Å². The van der Waals surface area contributed by atoms with E-state index < -0.39 is 0 Å². The smallest absolute Gasteiger partial charge is 0.242 e. The van der Waals surface area contributed by atoms with E-state index in [1.165, 1.54) is 0 Å². The molecule has 98 valence electrons. The summed E-state index contributed by atoms with van der Waals surface area (Å²) in [5, 5.41) is 9.58. The topological polar surface area (TPSA) is 76.0 Å². The van der Waals surface area contributed by atoms with Crippen LogP contribution in [0.15, 0.2) is 18.5 Å². The van der Waals surface area contributed by atoms with Gasteiger partial charge in [-0.3, -0.25) is 14.3 Å². The van der Waals surface area contributed by atoms with Crippen molar-refractivity contribution >= 4 is 11.8 Å². The van der Waals surface area contributed by atoms with E-state index in [0.717, 1.165) is 25.8 Å². The van der Waals surface area contributed by atoms with Gasteiger partial charge in [-0.15, -0.1) is 0 Å². The van der Waals surface area contributed by atoms with Crippen LogP contribution in [0.1, 0.15) is 25.7 Å². The van der Waals surface area contributed by atoms with Crippen molar-refractivity contribution in [2.75, 3.05) is 6.54 Å². The van der Waals surface area contributed by atoms with Crippen molar-refractivity contribution < 1.29 is 9.59 Å². The molecule has 6 nitrogen and oxygen atoms in total. The largest absolute Gasteiger partial charge is 0.354 e. The zero-order valence-electron chi connectivity index (χ0n) is 10.3. The molecule has 1 aliphatic rings. The number of nitrogens with one attached hydrogen (secondary N) is 2. The van der Waals surface area contributed by atoms with Crippen molar-refractivity contribution in [1.29, 1.82) is 0 Å². The van der Waals surface area contributed by atoms with Crippen LogP contribution in [0, 0.1) is 0 Å². The first-order valence-electron chi connectivity index (χ1n) is 6.30. The maximum absolute atomic E-state index is 11.7. The lowest BCUT2D eigenvalue weighted by atomic mass is 10.1. The third-order valence-corrected chi connectivity index (χ3v) is 2.97. The van der Waals surface area contributed by atoms with E-state index in [0.29, 0.717) is 13.0 Å². The normalized spacial score (nSPS) is 19.3. The number of nitrogens with zero attached hydrogens (tertiary/aromatic N) is 2. The molecule has 1 atom stereocenters. The number of carbonyl (C=O) groups excluding carboxylic acids is 2. The molecular weight excluding hydrogens is 232 g/mol. The summed E-state index contributed by atoms with van der Waals surface area (Å²) in [5.41, 5.74) is 0. The van der Waals surface area contributed by atoms with Gasteiger partial charge in [0.1, 0.15) is 6.04 Å². The van der Waals surface area contributed by atoms with Crippen LogP contribution >= 0.6 is 0 Å². The van der Waals surface area contributed by atoms with Crippen molar-refractivity contribution in [3.63, 3.8) is 0 Å². The quantitative estimate of drug-likeness (QED) is 0.775. The number of aromatic nitrogens is 2. The molecule has 18 heavy (non-hydrogen) atoms. The molecule has 0 spiro atoms. The Morgan fingerprint density at radius 2 is 2.50 bits per heavy atom. The number of rotatable bonds is 5. The van der Waals surface area contributed by atoms with Crippen LogP contribution in [0.4, 0.5) is 0 Å². The highest BCUT2D eigenvalue weighted by Gasteiger charge is 2.23. The molecule has 2 N–H and O–H groups in total. The Morgan fingerprint density at radius 1 is 1.61 bits per heavy atom. The Labute approximate surface area is 106 Å². The zero-order chi connectivity index (χ0) is 12.8. The molecule has 6 heteroatoms. The van der Waals surface area contributed by atoms with Crippen molar-refractivity contribution in [2.24, 2.45) is 0 Å². The molecule has 2 amide bonds. The number of aryl methyl sites for hydroxylation is 1. The molecule has 0 unspecified atom stereocenters. The second kappa shape index (κ2) is 6.18. The lowest BCUT2D eigenvalue weighted by molar-refractivity contribution is -0.130. The number of carbonyl (C=O) groups is 2. The first-order valence-corrected chi connectivity index (χ1v) is 6.30. The summed E-state index contributed by atoms with van der Waals surface area (Å²) >= 11 is 0. The Kier molecular flexibility index (Phi) is 4.33. The molecule has 1 fully saturated rings. The third-order valence-electron chi connectivity index (χ3n) is 2.97. The van der Waals surface area contributed by atoms with Gasteiger partial charge in [-0.2, -0.15) is 5.10 Å². The summed E-state index contributed by atoms with van der Waals surface area (Å²) in [4.78, 5) is 23.1. The minimum absolute atomic E-state index is 0.0655. The number of hydrogen-bond acceptors (Lipinski definition) is 3. The molecular formula is C12H18N4O2. The van der Waals surface area contributed by atoms with E-state index in [4.69, 9.17) is 0 Å². The number of hydrogen-bond donors (Lipinski definition) is 2. The number of piperidine rings is 1. The maximum atomic E-state index is 11.7. The Morgan fingerprint density at radius 3 is 3.22 bits per heavy atom. The second-order valence-corrected chi connectivity index (χ2v) is 4.43. The lowest BCUT2D eigenvalue weighted by Gasteiger charge is -2.22. The van der Waals surface area contributed by atoms with E-state index in [1.54, 1.807) is 10.9 Å². The van der Waals surface area contributed by atoms with Gasteiger partial charge in [-0.05, 0) is 25.3 Å². The van der Waals surface area contributed by atoms with Crippen molar-refractivity contribution in [3.05, 3.63) is 18.5 Å². The predicted octanol–water partition coefficient (Wildman–Crippen LogP) is 0.0581. The van der Waals surface area contributed by atoms with Crippen LogP contribution in [0.3, 0.4) is 0 Å². The van der Waals surface area contributed by atoms with Gasteiger partial charge in [0.05, 0.1) is 0 Å². The summed E-state index contributed by atoms with van der Waals surface area (Å²) in [6, 6.07) is 1.50. The number of amides is 2. The zero-order valence-corrected chi connectivity index (χ0v) is 10.3. The minimum Gasteiger partial charge on any atom is -0.354 e. The van der Waals surface area contributed by atoms with Gasteiger partial charge in [0.25, 0.3) is 0 Å².